The van der Waals surface area contributed by atoms with Crippen molar-refractivity contribution < 1.29 is 14.7 Å². The van der Waals surface area contributed by atoms with Crippen LogP contribution < -0.4 is 11.1 Å². The van der Waals surface area contributed by atoms with E-state index in [2.05, 4.69) is 18.2 Å². The zero-order valence-electron chi connectivity index (χ0n) is 19.1. The summed E-state index contributed by atoms with van der Waals surface area (Å²) in [5, 5.41) is 12.5. The summed E-state index contributed by atoms with van der Waals surface area (Å²) in [7, 11) is 0. The van der Waals surface area contributed by atoms with Crippen molar-refractivity contribution in [1.29, 1.82) is 0 Å². The van der Waals surface area contributed by atoms with E-state index >= 15 is 0 Å². The van der Waals surface area contributed by atoms with Gasteiger partial charge in [-0.2, -0.15) is 0 Å². The number of nitrogens with two attached hydrogens (primary N) is 1. The molecule has 1 aliphatic heterocycles. The molecule has 1 aromatic rings. The second-order valence-electron chi connectivity index (χ2n) is 9.50. The first-order valence-electron chi connectivity index (χ1n) is 10.4. The van der Waals surface area contributed by atoms with E-state index in [-0.39, 0.29) is 17.4 Å². The molecule has 6 heteroatoms. The third kappa shape index (κ3) is 7.16. The Morgan fingerprint density at radius 2 is 1.87 bits per heavy atom. The molecule has 1 heterocycles. The number of likely N-dealkylation sites (tertiary alicyclic amines) is 1. The molecule has 166 valence electrons. The number of carbonyl (C=O) groups is 2. The average Bonchev–Trinajstić information content (AvgIpc) is 3.10. The van der Waals surface area contributed by atoms with Crippen molar-refractivity contribution in [2.24, 2.45) is 11.1 Å². The molecular formula is C24H37N3O3. The summed E-state index contributed by atoms with van der Waals surface area (Å²) >= 11 is 0. The Hall–Kier alpha value is -2.36. The predicted octanol–water partition coefficient (Wildman–Crippen LogP) is 2.60. The van der Waals surface area contributed by atoms with Gasteiger partial charge in [0.25, 0.3) is 0 Å². The highest BCUT2D eigenvalue weighted by molar-refractivity contribution is 5.83. The summed E-state index contributed by atoms with van der Waals surface area (Å²) < 4.78 is 0. The van der Waals surface area contributed by atoms with Crippen LogP contribution in [0.5, 0.6) is 0 Å². The molecule has 1 aromatic carbocycles. The third-order valence-corrected chi connectivity index (χ3v) is 5.39. The zero-order valence-corrected chi connectivity index (χ0v) is 19.1. The molecule has 3 unspecified atom stereocenters. The van der Waals surface area contributed by atoms with Crippen LogP contribution in [0.1, 0.15) is 71.6 Å². The lowest BCUT2D eigenvalue weighted by Gasteiger charge is -2.31. The molecule has 0 aromatic heterocycles. The second kappa shape index (κ2) is 10.6. The standard InChI is InChI=1S/C13H15NO2.C11H22N2O/c1-4-10-5-7-11(8-6-10)12(14-9-15)13(2,3)16;1-8-6-5-7-13(8)10(14)9(12)11(2,3)4/h1,5-9,12,16H,2-3H3,(H,14,15);8-9H,5-7,12H2,1-4H3. The first-order valence-corrected chi connectivity index (χ1v) is 10.4. The van der Waals surface area contributed by atoms with E-state index in [1.807, 2.05) is 25.7 Å². The van der Waals surface area contributed by atoms with Gasteiger partial charge in [-0.25, -0.2) is 0 Å². The van der Waals surface area contributed by atoms with Gasteiger partial charge in [-0.1, -0.05) is 38.8 Å². The lowest BCUT2D eigenvalue weighted by molar-refractivity contribution is -0.135. The molecule has 1 aliphatic rings. The number of benzene rings is 1. The fourth-order valence-electron chi connectivity index (χ4n) is 3.36. The minimum absolute atomic E-state index is 0.113. The zero-order chi connectivity index (χ0) is 23.1. The van der Waals surface area contributed by atoms with Crippen molar-refractivity contribution in [2.75, 3.05) is 6.54 Å². The Morgan fingerprint density at radius 3 is 2.23 bits per heavy atom. The molecule has 6 nitrogen and oxygen atoms in total. The molecule has 2 amide bonds. The summed E-state index contributed by atoms with van der Waals surface area (Å²) in [6, 6.07) is 6.71. The maximum atomic E-state index is 12.0. The normalized spacial score (nSPS) is 18.5. The maximum Gasteiger partial charge on any atom is 0.240 e. The Kier molecular flexibility index (Phi) is 9.08. The summed E-state index contributed by atoms with van der Waals surface area (Å²) in [5.41, 5.74) is 6.36. The van der Waals surface area contributed by atoms with Gasteiger partial charge in [0.2, 0.25) is 12.3 Å². The third-order valence-electron chi connectivity index (χ3n) is 5.39. The van der Waals surface area contributed by atoms with Crippen LogP contribution >= 0.6 is 0 Å². The quantitative estimate of drug-likeness (QED) is 0.509. The largest absolute Gasteiger partial charge is 0.388 e. The monoisotopic (exact) mass is 415 g/mol. The lowest BCUT2D eigenvalue weighted by Crippen LogP contribution is -2.51. The fourth-order valence-corrected chi connectivity index (χ4v) is 3.36. The number of hydrogen-bond donors (Lipinski definition) is 3. The molecule has 0 radical (unpaired) electrons. The van der Waals surface area contributed by atoms with Crippen LogP contribution in [0.25, 0.3) is 0 Å². The first-order chi connectivity index (χ1) is 13.8. The van der Waals surface area contributed by atoms with Crippen molar-refractivity contribution in [2.45, 2.75) is 78.1 Å². The minimum Gasteiger partial charge on any atom is -0.388 e. The predicted molar refractivity (Wildman–Crippen MR) is 120 cm³/mol. The number of amides is 2. The first kappa shape index (κ1) is 25.7. The van der Waals surface area contributed by atoms with E-state index in [9.17, 15) is 14.7 Å². The van der Waals surface area contributed by atoms with Crippen LogP contribution in [0, 0.1) is 17.8 Å². The van der Waals surface area contributed by atoms with Crippen LogP contribution in [-0.2, 0) is 9.59 Å². The second-order valence-corrected chi connectivity index (χ2v) is 9.50. The number of nitrogens with zero attached hydrogens (tertiary/aromatic N) is 1. The molecular weight excluding hydrogens is 378 g/mol. The average molecular weight is 416 g/mol. The number of terminal acetylenes is 1. The van der Waals surface area contributed by atoms with Gasteiger partial charge in [-0.3, -0.25) is 9.59 Å². The van der Waals surface area contributed by atoms with Crippen LogP contribution in [0.2, 0.25) is 0 Å². The van der Waals surface area contributed by atoms with E-state index in [0.29, 0.717) is 12.5 Å². The topological polar surface area (TPSA) is 95.7 Å². The van der Waals surface area contributed by atoms with Gasteiger partial charge in [-0.05, 0) is 56.7 Å². The van der Waals surface area contributed by atoms with Gasteiger partial charge in [0.15, 0.2) is 0 Å². The Labute approximate surface area is 181 Å². The Balaban J connectivity index is 0.000000303. The molecule has 1 saturated heterocycles. The molecule has 1 fully saturated rings. The molecule has 0 saturated carbocycles. The molecule has 3 atom stereocenters. The van der Waals surface area contributed by atoms with Gasteiger partial charge in [0.1, 0.15) is 0 Å². The maximum absolute atomic E-state index is 12.0. The van der Waals surface area contributed by atoms with Gasteiger partial charge < -0.3 is 21.1 Å². The van der Waals surface area contributed by atoms with Gasteiger partial charge in [0, 0.05) is 18.2 Å². The summed E-state index contributed by atoms with van der Waals surface area (Å²) in [6.07, 6.45) is 8.06. The Morgan fingerprint density at radius 1 is 1.30 bits per heavy atom. The molecule has 0 bridgehead atoms. The highest BCUT2D eigenvalue weighted by Crippen LogP contribution is 2.25. The van der Waals surface area contributed by atoms with Crippen molar-refractivity contribution >= 4 is 12.3 Å². The minimum atomic E-state index is -1.03. The van der Waals surface area contributed by atoms with Crippen LogP contribution in [0.4, 0.5) is 0 Å². The van der Waals surface area contributed by atoms with E-state index in [4.69, 9.17) is 12.2 Å². The molecule has 2 rings (SSSR count). The van der Waals surface area contributed by atoms with Gasteiger partial charge >= 0.3 is 0 Å². The van der Waals surface area contributed by atoms with Crippen molar-refractivity contribution in [3.05, 3.63) is 35.4 Å². The van der Waals surface area contributed by atoms with E-state index in [1.54, 1.807) is 38.1 Å². The number of aliphatic hydroxyl groups is 1. The molecule has 4 N–H and O–H groups in total. The van der Waals surface area contributed by atoms with E-state index in [1.165, 1.54) is 0 Å². The molecule has 0 spiro atoms. The van der Waals surface area contributed by atoms with Gasteiger partial charge in [-0.15, -0.1) is 6.42 Å². The van der Waals surface area contributed by atoms with Gasteiger partial charge in [0.05, 0.1) is 17.7 Å². The Bertz CT molecular complexity index is 735. The number of carbonyl (C=O) groups excluding carboxylic acids is 2. The highest BCUT2D eigenvalue weighted by Gasteiger charge is 2.34. The number of hydrogen-bond acceptors (Lipinski definition) is 4. The SMILES string of the molecule is C#Cc1ccc(C(NC=O)C(C)(C)O)cc1.CC1CCCN1C(=O)C(N)C(C)(C)C. The highest BCUT2D eigenvalue weighted by atomic mass is 16.3. The van der Waals surface area contributed by atoms with Crippen LogP contribution in [-0.4, -0.2) is 46.6 Å². The summed E-state index contributed by atoms with van der Waals surface area (Å²) in [6.45, 7) is 12.3. The lowest BCUT2D eigenvalue weighted by atomic mass is 9.86. The molecule has 30 heavy (non-hydrogen) atoms. The van der Waals surface area contributed by atoms with Crippen LogP contribution in [0.3, 0.4) is 0 Å². The van der Waals surface area contributed by atoms with Crippen molar-refractivity contribution in [3.63, 3.8) is 0 Å². The van der Waals surface area contributed by atoms with E-state index in [0.717, 1.165) is 30.5 Å². The molecule has 0 aliphatic carbocycles. The van der Waals surface area contributed by atoms with Crippen molar-refractivity contribution in [1.82, 2.24) is 10.2 Å². The van der Waals surface area contributed by atoms with Crippen LogP contribution in [0.15, 0.2) is 24.3 Å². The smallest absolute Gasteiger partial charge is 0.240 e. The number of rotatable bonds is 5. The van der Waals surface area contributed by atoms with Crippen molar-refractivity contribution in [3.8, 4) is 12.3 Å². The van der Waals surface area contributed by atoms with E-state index < -0.39 is 11.6 Å². The fraction of sp³-hybridized carbons (Fsp3) is 0.583. The number of nitrogens with one attached hydrogen (secondary N) is 1. The summed E-state index contributed by atoms with van der Waals surface area (Å²) in [5.74, 6) is 2.62. The summed E-state index contributed by atoms with van der Waals surface area (Å²) in [4.78, 5) is 24.4.